The Hall–Kier alpha value is -1.30. The third-order valence-electron chi connectivity index (χ3n) is 3.23. The molecule has 0 spiro atoms. The molecular formula is C11H20N2O4. The Morgan fingerprint density at radius 3 is 2.53 bits per heavy atom. The number of hydrogen-bond acceptors (Lipinski definition) is 3. The highest BCUT2D eigenvalue weighted by atomic mass is 16.4. The van der Waals surface area contributed by atoms with Crippen LogP contribution in [-0.2, 0) is 4.79 Å². The molecule has 1 aliphatic rings. The lowest BCUT2D eigenvalue weighted by Gasteiger charge is -2.21. The summed E-state index contributed by atoms with van der Waals surface area (Å²) in [4.78, 5) is 22.1. The Morgan fingerprint density at radius 1 is 1.41 bits per heavy atom. The van der Waals surface area contributed by atoms with E-state index in [0.29, 0.717) is 5.92 Å². The van der Waals surface area contributed by atoms with E-state index in [1.165, 1.54) is 0 Å². The fraction of sp³-hybridized carbons (Fsp3) is 0.818. The molecule has 17 heavy (non-hydrogen) atoms. The van der Waals surface area contributed by atoms with Gasteiger partial charge in [-0.25, -0.2) is 9.59 Å². The number of hydrogen-bond donors (Lipinski definition) is 4. The molecule has 6 nitrogen and oxygen atoms in total. The first-order chi connectivity index (χ1) is 7.83. The van der Waals surface area contributed by atoms with Crippen molar-refractivity contribution in [2.24, 2.45) is 5.92 Å². The van der Waals surface area contributed by atoms with Crippen molar-refractivity contribution in [1.82, 2.24) is 10.6 Å². The average Bonchev–Trinajstić information content (AvgIpc) is 2.61. The molecule has 1 aliphatic carbocycles. The third kappa shape index (κ3) is 3.89. The number of nitrogens with one attached hydrogen (secondary N) is 2. The molecule has 0 aromatic rings. The second-order valence-corrected chi connectivity index (χ2v) is 4.92. The molecule has 6 heteroatoms. The number of carbonyl (C=O) groups excluding carboxylic acids is 1. The molecule has 0 heterocycles. The summed E-state index contributed by atoms with van der Waals surface area (Å²) in [6.07, 6.45) is 3.14. The standard InChI is InChI=1S/C11H20N2O4/c1-7-4-3-5-8(7)13-10(16)12-6-11(2,17)9(14)15/h7-8,17H,3-6H2,1-2H3,(H,14,15)(H2,12,13,16). The minimum Gasteiger partial charge on any atom is -0.479 e. The second-order valence-electron chi connectivity index (χ2n) is 4.92. The van der Waals surface area contributed by atoms with E-state index in [-0.39, 0.29) is 12.6 Å². The van der Waals surface area contributed by atoms with E-state index in [0.717, 1.165) is 26.2 Å². The van der Waals surface area contributed by atoms with Gasteiger partial charge < -0.3 is 20.8 Å². The van der Waals surface area contributed by atoms with Crippen LogP contribution in [0.4, 0.5) is 4.79 Å². The lowest BCUT2D eigenvalue weighted by atomic mass is 10.1. The summed E-state index contributed by atoms with van der Waals surface area (Å²) in [5, 5.41) is 23.2. The van der Waals surface area contributed by atoms with Crippen molar-refractivity contribution < 1.29 is 19.8 Å². The zero-order valence-electron chi connectivity index (χ0n) is 10.2. The number of urea groups is 1. The Balaban J connectivity index is 2.33. The van der Waals surface area contributed by atoms with Crippen molar-refractivity contribution in [1.29, 1.82) is 0 Å². The number of aliphatic hydroxyl groups is 1. The Morgan fingerprint density at radius 2 is 2.06 bits per heavy atom. The minimum absolute atomic E-state index is 0.143. The molecule has 0 radical (unpaired) electrons. The maximum atomic E-state index is 11.5. The molecule has 1 rings (SSSR count). The maximum absolute atomic E-state index is 11.5. The predicted octanol–water partition coefficient (Wildman–Crippen LogP) is 0.310. The Labute approximate surface area is 100 Å². The van der Waals surface area contributed by atoms with Crippen molar-refractivity contribution in [3.8, 4) is 0 Å². The molecule has 1 fully saturated rings. The van der Waals surface area contributed by atoms with E-state index < -0.39 is 17.6 Å². The minimum atomic E-state index is -1.93. The van der Waals surface area contributed by atoms with E-state index in [1.54, 1.807) is 0 Å². The van der Waals surface area contributed by atoms with E-state index in [4.69, 9.17) is 5.11 Å². The van der Waals surface area contributed by atoms with Crippen LogP contribution < -0.4 is 10.6 Å². The number of aliphatic carboxylic acids is 1. The van der Waals surface area contributed by atoms with Crippen LogP contribution in [0, 0.1) is 5.92 Å². The second kappa shape index (κ2) is 5.35. The fourth-order valence-electron chi connectivity index (χ4n) is 1.91. The van der Waals surface area contributed by atoms with Crippen LogP contribution >= 0.6 is 0 Å². The van der Waals surface area contributed by atoms with Crippen LogP contribution in [0.15, 0.2) is 0 Å². The van der Waals surface area contributed by atoms with Gasteiger partial charge in [-0.3, -0.25) is 0 Å². The van der Waals surface area contributed by atoms with Crippen LogP contribution in [0.5, 0.6) is 0 Å². The zero-order valence-corrected chi connectivity index (χ0v) is 10.2. The van der Waals surface area contributed by atoms with Crippen LogP contribution in [0.25, 0.3) is 0 Å². The van der Waals surface area contributed by atoms with Crippen LogP contribution in [0.3, 0.4) is 0 Å². The molecule has 3 atom stereocenters. The van der Waals surface area contributed by atoms with E-state index in [2.05, 4.69) is 17.6 Å². The number of amides is 2. The summed E-state index contributed by atoms with van der Waals surface area (Å²) in [6.45, 7) is 2.91. The van der Waals surface area contributed by atoms with Gasteiger partial charge in [0.1, 0.15) is 0 Å². The molecule has 1 saturated carbocycles. The SMILES string of the molecule is CC1CCCC1NC(=O)NCC(C)(O)C(=O)O. The molecule has 2 amide bonds. The summed E-state index contributed by atoms with van der Waals surface area (Å²) in [5.41, 5.74) is -1.93. The topological polar surface area (TPSA) is 98.7 Å². The lowest BCUT2D eigenvalue weighted by molar-refractivity contribution is -0.155. The first-order valence-electron chi connectivity index (χ1n) is 5.83. The normalized spacial score (nSPS) is 27.2. The molecular weight excluding hydrogens is 224 g/mol. The summed E-state index contributed by atoms with van der Waals surface area (Å²) >= 11 is 0. The highest BCUT2D eigenvalue weighted by Crippen LogP contribution is 2.24. The molecule has 0 aromatic carbocycles. The zero-order chi connectivity index (χ0) is 13.1. The molecule has 0 saturated heterocycles. The monoisotopic (exact) mass is 244 g/mol. The van der Waals surface area contributed by atoms with Crippen molar-refractivity contribution in [3.05, 3.63) is 0 Å². The summed E-state index contributed by atoms with van der Waals surface area (Å²) in [7, 11) is 0. The van der Waals surface area contributed by atoms with Gasteiger partial charge in [-0.05, 0) is 25.7 Å². The van der Waals surface area contributed by atoms with Gasteiger partial charge in [-0.2, -0.15) is 0 Å². The van der Waals surface area contributed by atoms with Gasteiger partial charge in [-0.15, -0.1) is 0 Å². The molecule has 0 aromatic heterocycles. The average molecular weight is 244 g/mol. The number of carboxylic acid groups (broad SMARTS) is 1. The highest BCUT2D eigenvalue weighted by molar-refractivity contribution is 5.79. The van der Waals surface area contributed by atoms with Gasteiger partial charge in [0.15, 0.2) is 5.60 Å². The van der Waals surface area contributed by atoms with Crippen molar-refractivity contribution in [3.63, 3.8) is 0 Å². The molecule has 0 bridgehead atoms. The summed E-state index contributed by atoms with van der Waals surface area (Å²) in [6, 6.07) is -0.282. The van der Waals surface area contributed by atoms with Crippen molar-refractivity contribution in [2.45, 2.75) is 44.8 Å². The van der Waals surface area contributed by atoms with Gasteiger partial charge in [0.25, 0.3) is 0 Å². The maximum Gasteiger partial charge on any atom is 0.337 e. The smallest absolute Gasteiger partial charge is 0.337 e. The lowest BCUT2D eigenvalue weighted by Crippen LogP contribution is -2.51. The first-order valence-corrected chi connectivity index (χ1v) is 5.83. The number of carboxylic acids is 1. The Kier molecular flexibility index (Phi) is 4.34. The number of carbonyl (C=O) groups is 2. The van der Waals surface area contributed by atoms with E-state index in [1.807, 2.05) is 0 Å². The summed E-state index contributed by atoms with van der Waals surface area (Å²) < 4.78 is 0. The van der Waals surface area contributed by atoms with Gasteiger partial charge in [0, 0.05) is 6.04 Å². The van der Waals surface area contributed by atoms with Crippen molar-refractivity contribution >= 4 is 12.0 Å². The first kappa shape index (κ1) is 13.8. The van der Waals surface area contributed by atoms with Crippen LogP contribution in [0.1, 0.15) is 33.1 Å². The van der Waals surface area contributed by atoms with Gasteiger partial charge >= 0.3 is 12.0 Å². The quantitative estimate of drug-likeness (QED) is 0.572. The van der Waals surface area contributed by atoms with E-state index >= 15 is 0 Å². The van der Waals surface area contributed by atoms with Crippen molar-refractivity contribution in [2.75, 3.05) is 6.54 Å². The third-order valence-corrected chi connectivity index (χ3v) is 3.23. The molecule has 4 N–H and O–H groups in total. The van der Waals surface area contributed by atoms with Crippen LogP contribution in [0.2, 0.25) is 0 Å². The highest BCUT2D eigenvalue weighted by Gasteiger charge is 2.31. The molecule has 0 aliphatic heterocycles. The predicted molar refractivity (Wildman–Crippen MR) is 61.6 cm³/mol. The molecule has 98 valence electrons. The van der Waals surface area contributed by atoms with Gasteiger partial charge in [0.2, 0.25) is 0 Å². The summed E-state index contributed by atoms with van der Waals surface area (Å²) in [5.74, 6) is -0.909. The Bertz CT molecular complexity index is 304. The fourth-order valence-corrected chi connectivity index (χ4v) is 1.91. The molecule has 3 unspecified atom stereocenters. The number of rotatable bonds is 4. The van der Waals surface area contributed by atoms with Gasteiger partial charge in [0.05, 0.1) is 6.54 Å². The van der Waals surface area contributed by atoms with Gasteiger partial charge in [-0.1, -0.05) is 13.3 Å². The van der Waals surface area contributed by atoms with Crippen LogP contribution in [-0.4, -0.2) is 40.4 Å². The largest absolute Gasteiger partial charge is 0.479 e. The van der Waals surface area contributed by atoms with E-state index in [9.17, 15) is 14.7 Å².